The van der Waals surface area contributed by atoms with Crippen LogP contribution in [0.2, 0.25) is 0 Å². The highest BCUT2D eigenvalue weighted by Crippen LogP contribution is 2.19. The van der Waals surface area contributed by atoms with E-state index < -0.39 is 23.8 Å². The molecule has 1 fully saturated rings. The first-order valence-electron chi connectivity index (χ1n) is 10.1. The summed E-state index contributed by atoms with van der Waals surface area (Å²) in [6.07, 6.45) is 0.380. The Kier molecular flexibility index (Phi) is 6.89. The molecule has 1 aromatic carbocycles. The van der Waals surface area contributed by atoms with E-state index in [1.54, 1.807) is 39.0 Å². The average molecular weight is 425 g/mol. The molecule has 0 N–H and O–H groups in total. The first kappa shape index (κ1) is 22.3. The van der Waals surface area contributed by atoms with Crippen LogP contribution < -0.4 is 0 Å². The molecule has 3 rings (SSSR count). The molecule has 0 aliphatic carbocycles. The van der Waals surface area contributed by atoms with Crippen molar-refractivity contribution in [3.63, 3.8) is 0 Å². The number of ether oxygens (including phenoxy) is 2. The summed E-state index contributed by atoms with van der Waals surface area (Å²) in [5.41, 5.74) is 0.381. The summed E-state index contributed by atoms with van der Waals surface area (Å²) >= 11 is 0. The van der Waals surface area contributed by atoms with Crippen LogP contribution in [0.3, 0.4) is 0 Å². The number of ketones is 1. The predicted molar refractivity (Wildman–Crippen MR) is 113 cm³/mol. The molecule has 1 unspecified atom stereocenters. The monoisotopic (exact) mass is 425 g/mol. The van der Waals surface area contributed by atoms with E-state index in [1.165, 1.54) is 16.0 Å². The molecule has 0 saturated carbocycles. The molecule has 1 aromatic heterocycles. The third-order valence-corrected chi connectivity index (χ3v) is 4.69. The number of hydrogen-bond donors (Lipinski definition) is 0. The molecule has 1 atom stereocenters. The molecule has 0 spiro atoms. The van der Waals surface area contributed by atoms with Gasteiger partial charge in [-0.25, -0.2) is 9.59 Å². The molecule has 8 nitrogen and oxygen atoms in total. The third kappa shape index (κ3) is 6.04. The van der Waals surface area contributed by atoms with Gasteiger partial charge in [-0.05, 0) is 38.5 Å². The quantitative estimate of drug-likeness (QED) is 0.697. The SMILES string of the molecule is CC(C)(C)OC(=O)N1CCN(C(=O)OCc2ccccc2)CC1C(=O)c1ccccn1. The molecule has 1 saturated heterocycles. The van der Waals surface area contributed by atoms with Crippen molar-refractivity contribution in [2.24, 2.45) is 0 Å². The molecule has 0 radical (unpaired) electrons. The van der Waals surface area contributed by atoms with E-state index in [9.17, 15) is 14.4 Å². The predicted octanol–water partition coefficient (Wildman–Crippen LogP) is 3.52. The molecule has 164 valence electrons. The van der Waals surface area contributed by atoms with Gasteiger partial charge in [0.05, 0.1) is 6.54 Å². The average Bonchev–Trinajstić information content (AvgIpc) is 2.76. The van der Waals surface area contributed by atoms with Crippen LogP contribution in [-0.4, -0.2) is 64.0 Å². The Hall–Kier alpha value is -3.42. The fraction of sp³-hybridized carbons (Fsp3) is 0.391. The van der Waals surface area contributed by atoms with E-state index in [1.807, 2.05) is 30.3 Å². The number of amides is 2. The second-order valence-electron chi connectivity index (χ2n) is 8.25. The topological polar surface area (TPSA) is 89.0 Å². The normalized spacial score (nSPS) is 16.5. The minimum Gasteiger partial charge on any atom is -0.445 e. The molecular formula is C23H27N3O5. The summed E-state index contributed by atoms with van der Waals surface area (Å²) < 4.78 is 10.9. The number of pyridine rings is 1. The first-order chi connectivity index (χ1) is 14.7. The summed E-state index contributed by atoms with van der Waals surface area (Å²) in [5.74, 6) is -0.355. The van der Waals surface area contributed by atoms with E-state index in [4.69, 9.17) is 9.47 Å². The number of piperazine rings is 1. The van der Waals surface area contributed by atoms with E-state index in [2.05, 4.69) is 4.98 Å². The van der Waals surface area contributed by atoms with Gasteiger partial charge < -0.3 is 14.4 Å². The lowest BCUT2D eigenvalue weighted by Crippen LogP contribution is -2.60. The summed E-state index contributed by atoms with van der Waals surface area (Å²) in [5, 5.41) is 0. The number of Topliss-reactive ketones (excluding diaryl/α,β-unsaturated/α-hetero) is 1. The van der Waals surface area contributed by atoms with E-state index >= 15 is 0 Å². The maximum atomic E-state index is 13.1. The lowest BCUT2D eigenvalue weighted by Gasteiger charge is -2.40. The lowest BCUT2D eigenvalue weighted by atomic mass is 10.0. The Morgan fingerprint density at radius 2 is 1.71 bits per heavy atom. The zero-order chi connectivity index (χ0) is 22.4. The smallest absolute Gasteiger partial charge is 0.411 e. The number of nitrogens with zero attached hydrogens (tertiary/aromatic N) is 3. The van der Waals surface area contributed by atoms with Gasteiger partial charge in [-0.3, -0.25) is 14.7 Å². The number of aromatic nitrogens is 1. The van der Waals surface area contributed by atoms with E-state index in [0.29, 0.717) is 0 Å². The largest absolute Gasteiger partial charge is 0.445 e. The highest BCUT2D eigenvalue weighted by molar-refractivity contribution is 6.00. The lowest BCUT2D eigenvalue weighted by molar-refractivity contribution is -0.00120. The third-order valence-electron chi connectivity index (χ3n) is 4.69. The zero-order valence-electron chi connectivity index (χ0n) is 18.0. The molecule has 0 bridgehead atoms. The summed E-state index contributed by atoms with van der Waals surface area (Å²) in [4.78, 5) is 45.4. The van der Waals surface area contributed by atoms with Gasteiger partial charge in [0.2, 0.25) is 5.78 Å². The number of carbonyl (C=O) groups excluding carboxylic acids is 3. The Morgan fingerprint density at radius 1 is 1.00 bits per heavy atom. The highest BCUT2D eigenvalue weighted by Gasteiger charge is 2.40. The summed E-state index contributed by atoms with van der Waals surface area (Å²) in [7, 11) is 0. The van der Waals surface area contributed by atoms with E-state index in [-0.39, 0.29) is 37.7 Å². The summed E-state index contributed by atoms with van der Waals surface area (Å²) in [6, 6.07) is 13.4. The van der Waals surface area contributed by atoms with Crippen LogP contribution in [0.15, 0.2) is 54.7 Å². The van der Waals surface area contributed by atoms with Gasteiger partial charge in [-0.2, -0.15) is 0 Å². The number of hydrogen-bond acceptors (Lipinski definition) is 6. The van der Waals surface area contributed by atoms with Crippen molar-refractivity contribution in [1.82, 2.24) is 14.8 Å². The highest BCUT2D eigenvalue weighted by atomic mass is 16.6. The molecule has 8 heteroatoms. The van der Waals surface area contributed by atoms with Gasteiger partial charge in [0.1, 0.15) is 23.9 Å². The fourth-order valence-corrected chi connectivity index (χ4v) is 3.20. The van der Waals surface area contributed by atoms with Gasteiger partial charge in [0.15, 0.2) is 0 Å². The molecule has 1 aliphatic heterocycles. The van der Waals surface area contributed by atoms with Gasteiger partial charge >= 0.3 is 12.2 Å². The van der Waals surface area contributed by atoms with Crippen LogP contribution in [0, 0.1) is 0 Å². The Bertz CT molecular complexity index is 912. The van der Waals surface area contributed by atoms with Crippen molar-refractivity contribution in [2.45, 2.75) is 39.0 Å². The molecule has 2 amide bonds. The Morgan fingerprint density at radius 3 is 2.35 bits per heavy atom. The molecule has 31 heavy (non-hydrogen) atoms. The summed E-state index contributed by atoms with van der Waals surface area (Å²) in [6.45, 7) is 5.80. The minimum absolute atomic E-state index is 0.00226. The first-order valence-corrected chi connectivity index (χ1v) is 10.1. The van der Waals surface area contributed by atoms with Crippen LogP contribution in [-0.2, 0) is 16.1 Å². The van der Waals surface area contributed by atoms with Gasteiger partial charge in [-0.1, -0.05) is 36.4 Å². The Balaban J connectivity index is 1.74. The fourth-order valence-electron chi connectivity index (χ4n) is 3.20. The molecule has 2 heterocycles. The van der Waals surface area contributed by atoms with Gasteiger partial charge in [0.25, 0.3) is 0 Å². The van der Waals surface area contributed by atoms with Crippen molar-refractivity contribution in [2.75, 3.05) is 19.6 Å². The number of benzene rings is 1. The molecule has 1 aliphatic rings. The van der Waals surface area contributed by atoms with Crippen molar-refractivity contribution in [3.8, 4) is 0 Å². The molecule has 2 aromatic rings. The van der Waals surface area contributed by atoms with Crippen molar-refractivity contribution in [1.29, 1.82) is 0 Å². The maximum Gasteiger partial charge on any atom is 0.411 e. The van der Waals surface area contributed by atoms with Crippen LogP contribution >= 0.6 is 0 Å². The van der Waals surface area contributed by atoms with Crippen molar-refractivity contribution >= 4 is 18.0 Å². The van der Waals surface area contributed by atoms with Crippen LogP contribution in [0.1, 0.15) is 36.8 Å². The number of carbonyl (C=O) groups is 3. The second kappa shape index (κ2) is 9.59. The zero-order valence-corrected chi connectivity index (χ0v) is 18.0. The van der Waals surface area contributed by atoms with Crippen LogP contribution in [0.5, 0.6) is 0 Å². The van der Waals surface area contributed by atoms with Gasteiger partial charge in [-0.15, -0.1) is 0 Å². The van der Waals surface area contributed by atoms with Crippen LogP contribution in [0.4, 0.5) is 9.59 Å². The van der Waals surface area contributed by atoms with E-state index in [0.717, 1.165) is 5.56 Å². The molecular weight excluding hydrogens is 398 g/mol. The number of rotatable bonds is 4. The van der Waals surface area contributed by atoms with Crippen LogP contribution in [0.25, 0.3) is 0 Å². The van der Waals surface area contributed by atoms with Crippen molar-refractivity contribution < 1.29 is 23.9 Å². The second-order valence-corrected chi connectivity index (χ2v) is 8.25. The van der Waals surface area contributed by atoms with Crippen molar-refractivity contribution in [3.05, 3.63) is 66.0 Å². The Labute approximate surface area is 181 Å². The standard InChI is InChI=1S/C23H27N3O5/c1-23(2,3)31-22(29)26-14-13-25(21(28)30-16-17-9-5-4-6-10-17)15-19(26)20(27)18-11-7-8-12-24-18/h4-12,19H,13-16H2,1-3H3. The minimum atomic E-state index is -0.914. The maximum absolute atomic E-state index is 13.1. The van der Waals surface area contributed by atoms with Gasteiger partial charge in [0, 0.05) is 19.3 Å².